The molecule has 0 bridgehead atoms. The van der Waals surface area contributed by atoms with Crippen molar-refractivity contribution in [2.45, 2.75) is 40.3 Å². The Morgan fingerprint density at radius 1 is 1.25 bits per heavy atom. The van der Waals surface area contributed by atoms with Crippen LogP contribution in [0.2, 0.25) is 0 Å². The number of hydrogen-bond acceptors (Lipinski definition) is 4. The van der Waals surface area contributed by atoms with Gasteiger partial charge in [0.05, 0.1) is 6.04 Å². The third-order valence-electron chi connectivity index (χ3n) is 3.70. The largest absolute Gasteiger partial charge is 0.307 e. The molecule has 0 saturated heterocycles. The van der Waals surface area contributed by atoms with Crippen LogP contribution in [0.1, 0.15) is 38.3 Å². The van der Waals surface area contributed by atoms with Crippen molar-refractivity contribution < 1.29 is 0 Å². The molecule has 0 aliphatic carbocycles. The van der Waals surface area contributed by atoms with Gasteiger partial charge in [0.1, 0.15) is 5.69 Å². The number of aromatic nitrogens is 4. The van der Waals surface area contributed by atoms with Gasteiger partial charge in [0, 0.05) is 18.8 Å². The van der Waals surface area contributed by atoms with Crippen molar-refractivity contribution in [3.8, 4) is 11.5 Å². The lowest BCUT2D eigenvalue weighted by Gasteiger charge is -2.34. The van der Waals surface area contributed by atoms with Crippen LogP contribution in [0.4, 0.5) is 0 Å². The van der Waals surface area contributed by atoms with E-state index in [2.05, 4.69) is 45.8 Å². The molecule has 0 aromatic carbocycles. The first-order valence-corrected chi connectivity index (χ1v) is 7.07. The Bertz CT molecular complexity index is 623. The quantitative estimate of drug-likeness (QED) is 0.865. The fraction of sp³-hybridized carbons (Fsp3) is 0.533. The molecular weight excluding hydrogens is 250 g/mol. The van der Waals surface area contributed by atoms with Gasteiger partial charge in [0.25, 0.3) is 0 Å². The second-order valence-electron chi connectivity index (χ2n) is 6.45. The van der Waals surface area contributed by atoms with E-state index < -0.39 is 0 Å². The molecule has 0 radical (unpaired) electrons. The van der Waals surface area contributed by atoms with Crippen molar-refractivity contribution in [1.82, 2.24) is 25.1 Å². The fourth-order valence-corrected chi connectivity index (χ4v) is 2.71. The molecule has 1 unspecified atom stereocenters. The highest BCUT2D eigenvalue weighted by atomic mass is 15.3. The summed E-state index contributed by atoms with van der Waals surface area (Å²) < 4.78 is 2.20. The maximum Gasteiger partial charge on any atom is 0.182 e. The Kier molecular flexibility index (Phi) is 3.09. The third kappa shape index (κ3) is 2.22. The first-order valence-electron chi connectivity index (χ1n) is 7.07. The maximum atomic E-state index is 4.57. The molecule has 3 heterocycles. The molecule has 5 heteroatoms. The number of pyridine rings is 1. The Balaban J connectivity index is 2.07. The van der Waals surface area contributed by atoms with Crippen LogP contribution >= 0.6 is 0 Å². The molecule has 1 aliphatic rings. The summed E-state index contributed by atoms with van der Waals surface area (Å²) in [6, 6.07) is 6.23. The SMILES string of the molecule is Cc1cccc(-c2nnc3n2CCNC3C(C)(C)C)n1. The Labute approximate surface area is 119 Å². The predicted molar refractivity (Wildman–Crippen MR) is 78.2 cm³/mol. The number of rotatable bonds is 1. The first kappa shape index (κ1) is 13.2. The van der Waals surface area contributed by atoms with Gasteiger partial charge in [-0.25, -0.2) is 4.98 Å². The fourth-order valence-electron chi connectivity index (χ4n) is 2.71. The number of nitrogens with zero attached hydrogens (tertiary/aromatic N) is 4. The van der Waals surface area contributed by atoms with Crippen LogP contribution in [0.25, 0.3) is 11.5 Å². The van der Waals surface area contributed by atoms with Gasteiger partial charge in [-0.1, -0.05) is 26.8 Å². The summed E-state index contributed by atoms with van der Waals surface area (Å²) in [7, 11) is 0. The minimum atomic E-state index is 0.114. The van der Waals surface area contributed by atoms with Crippen molar-refractivity contribution in [3.05, 3.63) is 29.7 Å². The monoisotopic (exact) mass is 271 g/mol. The first-order chi connectivity index (χ1) is 9.47. The highest BCUT2D eigenvalue weighted by Crippen LogP contribution is 2.34. The number of hydrogen-bond donors (Lipinski definition) is 1. The van der Waals surface area contributed by atoms with Gasteiger partial charge in [-0.05, 0) is 24.5 Å². The molecule has 0 fully saturated rings. The van der Waals surface area contributed by atoms with E-state index in [1.807, 2.05) is 25.1 Å². The molecule has 106 valence electrons. The standard InChI is InChI=1S/C15H21N5/c1-10-6-5-7-11(17-10)13-18-19-14-12(15(2,3)4)16-8-9-20(13)14/h5-7,12,16H,8-9H2,1-4H3. The van der Waals surface area contributed by atoms with E-state index in [0.29, 0.717) is 0 Å². The lowest BCUT2D eigenvalue weighted by molar-refractivity contribution is 0.233. The maximum absolute atomic E-state index is 4.57. The molecule has 2 aromatic rings. The van der Waals surface area contributed by atoms with Crippen LogP contribution in [0.3, 0.4) is 0 Å². The smallest absolute Gasteiger partial charge is 0.182 e. The zero-order valence-corrected chi connectivity index (χ0v) is 12.5. The van der Waals surface area contributed by atoms with Crippen LogP contribution in [0, 0.1) is 12.3 Å². The van der Waals surface area contributed by atoms with E-state index in [4.69, 9.17) is 0 Å². The van der Waals surface area contributed by atoms with Gasteiger partial charge in [0.15, 0.2) is 11.6 Å². The molecule has 2 aromatic heterocycles. The molecule has 3 rings (SSSR count). The third-order valence-corrected chi connectivity index (χ3v) is 3.70. The zero-order valence-electron chi connectivity index (χ0n) is 12.5. The molecule has 1 aliphatic heterocycles. The van der Waals surface area contributed by atoms with E-state index in [1.54, 1.807) is 0 Å². The molecule has 5 nitrogen and oxygen atoms in total. The van der Waals surface area contributed by atoms with E-state index in [1.165, 1.54) is 0 Å². The zero-order chi connectivity index (χ0) is 14.3. The summed E-state index contributed by atoms with van der Waals surface area (Å²) in [4.78, 5) is 4.57. The minimum absolute atomic E-state index is 0.114. The van der Waals surface area contributed by atoms with Gasteiger partial charge in [-0.15, -0.1) is 10.2 Å². The summed E-state index contributed by atoms with van der Waals surface area (Å²) in [5.41, 5.74) is 2.02. The number of nitrogens with one attached hydrogen (secondary N) is 1. The van der Waals surface area contributed by atoms with E-state index in [9.17, 15) is 0 Å². The predicted octanol–water partition coefficient (Wildman–Crippen LogP) is 2.34. The minimum Gasteiger partial charge on any atom is -0.307 e. The van der Waals surface area contributed by atoms with Crippen molar-refractivity contribution in [2.75, 3.05) is 6.54 Å². The topological polar surface area (TPSA) is 55.6 Å². The molecule has 20 heavy (non-hydrogen) atoms. The van der Waals surface area contributed by atoms with Crippen molar-refractivity contribution in [3.63, 3.8) is 0 Å². The van der Waals surface area contributed by atoms with Crippen molar-refractivity contribution >= 4 is 0 Å². The lowest BCUT2D eigenvalue weighted by atomic mass is 9.85. The summed E-state index contributed by atoms with van der Waals surface area (Å²) >= 11 is 0. The van der Waals surface area contributed by atoms with Crippen LogP contribution in [-0.4, -0.2) is 26.3 Å². The van der Waals surface area contributed by atoms with Gasteiger partial charge >= 0.3 is 0 Å². The second-order valence-corrected chi connectivity index (χ2v) is 6.45. The molecule has 0 saturated carbocycles. The number of aryl methyl sites for hydroxylation is 1. The molecule has 1 N–H and O–H groups in total. The van der Waals surface area contributed by atoms with Crippen molar-refractivity contribution in [2.24, 2.45) is 5.41 Å². The van der Waals surface area contributed by atoms with Crippen LogP contribution in [0.5, 0.6) is 0 Å². The van der Waals surface area contributed by atoms with Gasteiger partial charge in [0.2, 0.25) is 0 Å². The summed E-state index contributed by atoms with van der Waals surface area (Å²) in [6.45, 7) is 10.5. The molecule has 0 amide bonds. The average Bonchev–Trinajstić information content (AvgIpc) is 2.81. The lowest BCUT2D eigenvalue weighted by Crippen LogP contribution is -2.40. The Morgan fingerprint density at radius 3 is 2.75 bits per heavy atom. The van der Waals surface area contributed by atoms with Crippen LogP contribution in [0.15, 0.2) is 18.2 Å². The normalized spacial score (nSPS) is 18.9. The van der Waals surface area contributed by atoms with Crippen molar-refractivity contribution in [1.29, 1.82) is 0 Å². The number of fused-ring (bicyclic) bond motifs is 1. The van der Waals surface area contributed by atoms with E-state index in [-0.39, 0.29) is 11.5 Å². The molecule has 0 spiro atoms. The van der Waals surface area contributed by atoms with Gasteiger partial charge in [-0.3, -0.25) is 0 Å². The Hall–Kier alpha value is -1.75. The Morgan fingerprint density at radius 2 is 2.05 bits per heavy atom. The van der Waals surface area contributed by atoms with E-state index >= 15 is 0 Å². The van der Waals surface area contributed by atoms with Crippen LogP contribution in [-0.2, 0) is 6.54 Å². The van der Waals surface area contributed by atoms with Gasteiger partial charge < -0.3 is 9.88 Å². The summed E-state index contributed by atoms with van der Waals surface area (Å²) in [6.07, 6.45) is 0. The molecule has 1 atom stereocenters. The second kappa shape index (κ2) is 4.66. The van der Waals surface area contributed by atoms with Gasteiger partial charge in [-0.2, -0.15) is 0 Å². The highest BCUT2D eigenvalue weighted by molar-refractivity contribution is 5.50. The molecular formula is C15H21N5. The average molecular weight is 271 g/mol. The summed E-state index contributed by atoms with van der Waals surface area (Å²) in [5.74, 6) is 1.89. The summed E-state index contributed by atoms with van der Waals surface area (Å²) in [5, 5.41) is 12.4. The van der Waals surface area contributed by atoms with Crippen LogP contribution < -0.4 is 5.32 Å². The van der Waals surface area contributed by atoms with E-state index in [0.717, 1.165) is 36.1 Å². The highest BCUT2D eigenvalue weighted by Gasteiger charge is 2.34.